The van der Waals surface area contributed by atoms with Gasteiger partial charge in [0.1, 0.15) is 10.8 Å². The topological polar surface area (TPSA) is 104 Å². The van der Waals surface area contributed by atoms with Crippen molar-refractivity contribution < 1.29 is 38.4 Å². The number of likely N-dealkylation sites (tertiary alicyclic amines) is 1. The maximum atomic E-state index is 13.5. The number of benzene rings is 2. The maximum absolute atomic E-state index is 13.5. The molecule has 9 nitrogen and oxygen atoms in total. The average Bonchev–Trinajstić information content (AvgIpc) is 3.15. The number of carbonyl (C=O) groups excluding carboxylic acids is 2. The van der Waals surface area contributed by atoms with E-state index in [1.807, 2.05) is 20.8 Å². The van der Waals surface area contributed by atoms with Crippen LogP contribution < -0.4 is 18.9 Å². The third-order valence-electron chi connectivity index (χ3n) is 6.13. The van der Waals surface area contributed by atoms with E-state index in [-0.39, 0.29) is 45.3 Å². The van der Waals surface area contributed by atoms with Gasteiger partial charge in [-0.2, -0.15) is 0 Å². The summed E-state index contributed by atoms with van der Waals surface area (Å²) in [4.78, 5) is 28.2. The van der Waals surface area contributed by atoms with Crippen LogP contribution in [-0.2, 0) is 14.3 Å². The molecule has 2 aromatic carbocycles. The zero-order chi connectivity index (χ0) is 28.9. The van der Waals surface area contributed by atoms with E-state index in [0.29, 0.717) is 36.7 Å². The minimum absolute atomic E-state index is 0.00809. The zero-order valence-corrected chi connectivity index (χ0v) is 24.3. The van der Waals surface area contributed by atoms with E-state index < -0.39 is 23.5 Å². The number of rotatable bonds is 12. The summed E-state index contributed by atoms with van der Waals surface area (Å²) >= 11 is 12.8. The van der Waals surface area contributed by atoms with Gasteiger partial charge in [-0.1, -0.05) is 29.3 Å². The van der Waals surface area contributed by atoms with Crippen molar-refractivity contribution >= 4 is 40.7 Å². The summed E-state index contributed by atoms with van der Waals surface area (Å²) in [6, 6.07) is 5.52. The first-order chi connectivity index (χ1) is 18.6. The number of aliphatic hydroxyl groups excluding tert-OH is 1. The zero-order valence-electron chi connectivity index (χ0n) is 22.8. The fourth-order valence-corrected chi connectivity index (χ4v) is 5.12. The van der Waals surface area contributed by atoms with Crippen LogP contribution in [0.5, 0.6) is 23.0 Å². The van der Waals surface area contributed by atoms with Crippen molar-refractivity contribution in [3.05, 3.63) is 51.0 Å². The number of carbonyl (C=O) groups is 2. The summed E-state index contributed by atoms with van der Waals surface area (Å²) in [7, 11) is 4.26. The molecule has 1 amide bonds. The molecule has 1 N–H and O–H groups in total. The molecule has 39 heavy (non-hydrogen) atoms. The number of amides is 1. The number of ketones is 1. The summed E-state index contributed by atoms with van der Waals surface area (Å²) in [6.07, 6.45) is 0.489. The van der Waals surface area contributed by atoms with Crippen LogP contribution in [0.15, 0.2) is 29.8 Å². The summed E-state index contributed by atoms with van der Waals surface area (Å²) in [5, 5.41) is 11.7. The predicted molar refractivity (Wildman–Crippen MR) is 148 cm³/mol. The fourth-order valence-electron chi connectivity index (χ4n) is 4.43. The minimum atomic E-state index is -0.946. The van der Waals surface area contributed by atoms with Crippen LogP contribution in [0.1, 0.15) is 44.4 Å². The number of Topliss-reactive ketones (excluding diaryl/α,β-unsaturated/α-hetero) is 1. The molecule has 0 aliphatic carbocycles. The molecule has 11 heteroatoms. The van der Waals surface area contributed by atoms with Gasteiger partial charge in [0.25, 0.3) is 11.7 Å². The molecular formula is C28H33Cl2NO8. The van der Waals surface area contributed by atoms with Crippen LogP contribution in [0, 0.1) is 0 Å². The highest BCUT2D eigenvalue weighted by molar-refractivity contribution is 6.47. The monoisotopic (exact) mass is 581 g/mol. The first-order valence-electron chi connectivity index (χ1n) is 12.4. The van der Waals surface area contributed by atoms with Crippen LogP contribution in [0.25, 0.3) is 5.76 Å². The van der Waals surface area contributed by atoms with Gasteiger partial charge in [-0.3, -0.25) is 9.59 Å². The number of aliphatic hydroxyl groups is 1. The first kappa shape index (κ1) is 30.4. The van der Waals surface area contributed by atoms with Crippen molar-refractivity contribution in [2.45, 2.75) is 39.3 Å². The van der Waals surface area contributed by atoms with Crippen LogP contribution in [0.4, 0.5) is 0 Å². The van der Waals surface area contributed by atoms with Crippen molar-refractivity contribution in [3.8, 4) is 23.0 Å². The lowest BCUT2D eigenvalue weighted by molar-refractivity contribution is -0.140. The quantitative estimate of drug-likeness (QED) is 0.148. The Labute approximate surface area is 238 Å². The van der Waals surface area contributed by atoms with Crippen molar-refractivity contribution in [2.75, 3.05) is 41.1 Å². The Morgan fingerprint density at radius 2 is 1.72 bits per heavy atom. The number of methoxy groups -OCH3 is 3. The molecule has 0 bridgehead atoms. The Morgan fingerprint density at radius 3 is 2.31 bits per heavy atom. The minimum Gasteiger partial charge on any atom is -0.507 e. The maximum Gasteiger partial charge on any atom is 0.295 e. The average molecular weight is 582 g/mol. The molecule has 0 saturated carbocycles. The van der Waals surface area contributed by atoms with E-state index in [1.165, 1.54) is 32.3 Å². The Bertz CT molecular complexity index is 1260. The molecule has 1 unspecified atom stereocenters. The van der Waals surface area contributed by atoms with Crippen LogP contribution in [-0.4, -0.2) is 68.9 Å². The normalized spacial score (nSPS) is 16.6. The van der Waals surface area contributed by atoms with E-state index in [0.717, 1.165) is 0 Å². The summed E-state index contributed by atoms with van der Waals surface area (Å²) in [5.74, 6) is -1.01. The second-order valence-corrected chi connectivity index (χ2v) is 9.68. The van der Waals surface area contributed by atoms with Crippen molar-refractivity contribution in [1.29, 1.82) is 0 Å². The Kier molecular flexibility index (Phi) is 10.4. The number of hydrogen-bond donors (Lipinski definition) is 1. The highest BCUT2D eigenvalue weighted by atomic mass is 35.5. The Balaban J connectivity index is 2.23. The van der Waals surface area contributed by atoms with E-state index in [1.54, 1.807) is 18.2 Å². The van der Waals surface area contributed by atoms with Gasteiger partial charge in [-0.15, -0.1) is 0 Å². The number of nitrogens with zero attached hydrogens (tertiary/aromatic N) is 1. The van der Waals surface area contributed by atoms with Gasteiger partial charge in [-0.05, 0) is 51.0 Å². The molecule has 2 aromatic rings. The molecule has 0 aromatic heterocycles. The molecule has 212 valence electrons. The van der Waals surface area contributed by atoms with Crippen molar-refractivity contribution in [1.82, 2.24) is 4.90 Å². The lowest BCUT2D eigenvalue weighted by Crippen LogP contribution is -2.31. The highest BCUT2D eigenvalue weighted by Crippen LogP contribution is 2.48. The number of hydrogen-bond acceptors (Lipinski definition) is 8. The second kappa shape index (κ2) is 13.3. The van der Waals surface area contributed by atoms with Crippen molar-refractivity contribution in [2.24, 2.45) is 0 Å². The molecule has 1 aliphatic heterocycles. The van der Waals surface area contributed by atoms with Crippen LogP contribution >= 0.6 is 23.2 Å². The van der Waals surface area contributed by atoms with Gasteiger partial charge in [0.15, 0.2) is 23.0 Å². The smallest absolute Gasteiger partial charge is 0.295 e. The first-order valence-corrected chi connectivity index (χ1v) is 13.2. The van der Waals surface area contributed by atoms with Gasteiger partial charge < -0.3 is 33.7 Å². The van der Waals surface area contributed by atoms with Gasteiger partial charge >= 0.3 is 0 Å². The SMILES string of the molecule is CCOc1cc(C2/C(=C(\O)c3cc(Cl)c(OC)c(Cl)c3OC)C(=O)C(=O)N2CCCOC(C)C)ccc1OC. The van der Waals surface area contributed by atoms with E-state index >= 15 is 0 Å². The van der Waals surface area contributed by atoms with Gasteiger partial charge in [0, 0.05) is 13.2 Å². The third-order valence-corrected chi connectivity index (χ3v) is 6.76. The summed E-state index contributed by atoms with van der Waals surface area (Å²) in [6.45, 7) is 6.62. The standard InChI is InChI=1S/C28H33Cl2NO8/c1-7-38-20-13-16(9-10-19(20)35-4)23-21(25(33)28(34)31(23)11-8-12-39-15(2)3)24(32)17-14-18(29)27(37-6)22(30)26(17)36-5/h9-10,13-15,23,32H,7-8,11-12H2,1-6H3/b24-21+. The second-order valence-electron chi connectivity index (χ2n) is 8.90. The highest BCUT2D eigenvalue weighted by Gasteiger charge is 2.46. The largest absolute Gasteiger partial charge is 0.507 e. The molecule has 1 aliphatic rings. The third kappa shape index (κ3) is 6.21. The molecule has 0 radical (unpaired) electrons. The molecule has 1 atom stereocenters. The molecule has 0 spiro atoms. The Morgan fingerprint density at radius 1 is 1.03 bits per heavy atom. The fraction of sp³-hybridized carbons (Fsp3) is 0.429. The molecule has 1 saturated heterocycles. The summed E-state index contributed by atoms with van der Waals surface area (Å²) < 4.78 is 27.5. The van der Waals surface area contributed by atoms with E-state index in [4.69, 9.17) is 46.9 Å². The molecule has 1 heterocycles. The van der Waals surface area contributed by atoms with Gasteiger partial charge in [0.05, 0.1) is 56.2 Å². The number of halogens is 2. The van der Waals surface area contributed by atoms with Crippen molar-refractivity contribution in [3.63, 3.8) is 0 Å². The molecule has 1 fully saturated rings. The summed E-state index contributed by atoms with van der Waals surface area (Å²) in [5.41, 5.74) is 0.431. The van der Waals surface area contributed by atoms with E-state index in [9.17, 15) is 14.7 Å². The van der Waals surface area contributed by atoms with Gasteiger partial charge in [0.2, 0.25) is 0 Å². The Hall–Kier alpha value is -3.14. The van der Waals surface area contributed by atoms with Crippen LogP contribution in [0.3, 0.4) is 0 Å². The van der Waals surface area contributed by atoms with Gasteiger partial charge in [-0.25, -0.2) is 0 Å². The van der Waals surface area contributed by atoms with E-state index in [2.05, 4.69) is 0 Å². The predicted octanol–water partition coefficient (Wildman–Crippen LogP) is 5.65. The lowest BCUT2D eigenvalue weighted by atomic mass is 9.94. The number of ether oxygens (including phenoxy) is 5. The van der Waals surface area contributed by atoms with Crippen LogP contribution in [0.2, 0.25) is 10.0 Å². The molecular weight excluding hydrogens is 549 g/mol. The lowest BCUT2D eigenvalue weighted by Gasteiger charge is -2.26. The molecule has 3 rings (SSSR count).